The molecule has 0 aromatic carbocycles. The molecule has 0 atom stereocenters. The van der Waals surface area contributed by atoms with Crippen LogP contribution in [0.1, 0.15) is 37.4 Å². The second-order valence-electron chi connectivity index (χ2n) is 4.07. The monoisotopic (exact) mass is 285 g/mol. The van der Waals surface area contributed by atoms with Gasteiger partial charge in [0.15, 0.2) is 0 Å². The number of aromatic nitrogens is 2. The smallest absolute Gasteiger partial charge is 0.135 e. The summed E-state index contributed by atoms with van der Waals surface area (Å²) in [6.45, 7) is 1.09. The Labute approximate surface area is 104 Å². The molecule has 2 N–H and O–H groups in total. The number of nitrogens with zero attached hydrogens (tertiary/aromatic N) is 2. The van der Waals surface area contributed by atoms with Gasteiger partial charge in [0.25, 0.3) is 0 Å². The Morgan fingerprint density at radius 1 is 1.38 bits per heavy atom. The summed E-state index contributed by atoms with van der Waals surface area (Å²) in [5, 5.41) is 11.9. The van der Waals surface area contributed by atoms with Crippen LogP contribution in [-0.4, -0.2) is 28.2 Å². The first-order valence-corrected chi connectivity index (χ1v) is 6.48. The van der Waals surface area contributed by atoms with Gasteiger partial charge < -0.3 is 10.4 Å². The molecular weight excluding hydrogens is 270 g/mol. The maximum absolute atomic E-state index is 8.67. The normalized spacial score (nSPS) is 15.1. The van der Waals surface area contributed by atoms with E-state index in [-0.39, 0.29) is 6.61 Å². The fourth-order valence-electron chi connectivity index (χ4n) is 1.50. The van der Waals surface area contributed by atoms with Gasteiger partial charge in [-0.3, -0.25) is 0 Å². The molecule has 0 aliphatic heterocycles. The summed E-state index contributed by atoms with van der Waals surface area (Å²) in [7, 11) is 0. The summed E-state index contributed by atoms with van der Waals surface area (Å²) < 4.78 is 0.842. The topological polar surface area (TPSA) is 58.0 Å². The molecule has 1 aromatic heterocycles. The van der Waals surface area contributed by atoms with Crippen LogP contribution in [0.2, 0.25) is 0 Å². The van der Waals surface area contributed by atoms with Gasteiger partial charge >= 0.3 is 0 Å². The number of unbranched alkanes of at least 4 members (excludes halogenated alkanes) is 1. The van der Waals surface area contributed by atoms with E-state index < -0.39 is 0 Å². The van der Waals surface area contributed by atoms with Crippen LogP contribution in [-0.2, 0) is 0 Å². The lowest BCUT2D eigenvalue weighted by Crippen LogP contribution is -2.06. The minimum atomic E-state index is 0.252. The first kappa shape index (κ1) is 11.8. The van der Waals surface area contributed by atoms with Crippen molar-refractivity contribution in [3.05, 3.63) is 16.5 Å². The van der Waals surface area contributed by atoms with Crippen LogP contribution < -0.4 is 5.32 Å². The lowest BCUT2D eigenvalue weighted by atomic mass is 10.3. The molecule has 88 valence electrons. The molecule has 1 saturated carbocycles. The van der Waals surface area contributed by atoms with Gasteiger partial charge in [-0.2, -0.15) is 0 Å². The van der Waals surface area contributed by atoms with E-state index in [0.717, 1.165) is 35.6 Å². The molecule has 0 spiro atoms. The lowest BCUT2D eigenvalue weighted by molar-refractivity contribution is 0.286. The van der Waals surface area contributed by atoms with Crippen molar-refractivity contribution in [3.8, 4) is 0 Å². The van der Waals surface area contributed by atoms with Crippen molar-refractivity contribution < 1.29 is 5.11 Å². The third kappa shape index (κ3) is 3.42. The molecule has 5 heteroatoms. The van der Waals surface area contributed by atoms with E-state index in [2.05, 4.69) is 31.2 Å². The van der Waals surface area contributed by atoms with Gasteiger partial charge in [-0.25, -0.2) is 9.97 Å². The predicted octanol–water partition coefficient (Wildman–Crippen LogP) is 2.30. The fourth-order valence-corrected chi connectivity index (χ4v) is 1.90. The summed E-state index contributed by atoms with van der Waals surface area (Å²) in [6, 6.07) is 1.89. The highest BCUT2D eigenvalue weighted by Gasteiger charge is 2.27. The summed E-state index contributed by atoms with van der Waals surface area (Å²) in [4.78, 5) is 8.84. The zero-order chi connectivity index (χ0) is 11.4. The molecule has 1 aliphatic carbocycles. The average Bonchev–Trinajstić information content (AvgIpc) is 3.07. The zero-order valence-corrected chi connectivity index (χ0v) is 10.7. The van der Waals surface area contributed by atoms with Crippen LogP contribution >= 0.6 is 15.9 Å². The quantitative estimate of drug-likeness (QED) is 0.622. The van der Waals surface area contributed by atoms with Crippen molar-refractivity contribution in [2.45, 2.75) is 31.6 Å². The van der Waals surface area contributed by atoms with Gasteiger partial charge in [0, 0.05) is 25.1 Å². The van der Waals surface area contributed by atoms with E-state index in [4.69, 9.17) is 5.11 Å². The van der Waals surface area contributed by atoms with Crippen molar-refractivity contribution in [2.24, 2.45) is 0 Å². The maximum atomic E-state index is 8.67. The molecule has 0 amide bonds. The molecule has 0 bridgehead atoms. The third-order valence-electron chi connectivity index (χ3n) is 2.55. The molecule has 0 radical (unpaired) electrons. The summed E-state index contributed by atoms with van der Waals surface area (Å²) >= 11 is 3.40. The van der Waals surface area contributed by atoms with E-state index in [1.54, 1.807) is 0 Å². The van der Waals surface area contributed by atoms with E-state index >= 15 is 0 Å². The molecule has 1 aliphatic rings. The molecule has 0 saturated heterocycles. The van der Waals surface area contributed by atoms with Crippen LogP contribution in [0.5, 0.6) is 0 Å². The number of aliphatic hydroxyl groups excluding tert-OH is 1. The van der Waals surface area contributed by atoms with Gasteiger partial charge in [0.05, 0.1) is 0 Å². The van der Waals surface area contributed by atoms with Crippen LogP contribution in [0, 0.1) is 0 Å². The van der Waals surface area contributed by atoms with Crippen LogP contribution in [0.15, 0.2) is 10.7 Å². The van der Waals surface area contributed by atoms with E-state index in [9.17, 15) is 0 Å². The Bertz CT molecular complexity index is 355. The van der Waals surface area contributed by atoms with Crippen molar-refractivity contribution in [1.29, 1.82) is 0 Å². The number of hydrogen-bond acceptors (Lipinski definition) is 4. The van der Waals surface area contributed by atoms with Crippen LogP contribution in [0.3, 0.4) is 0 Å². The van der Waals surface area contributed by atoms with E-state index in [1.165, 1.54) is 12.8 Å². The highest BCUT2D eigenvalue weighted by molar-refractivity contribution is 9.10. The van der Waals surface area contributed by atoms with Gasteiger partial charge in [-0.05, 0) is 41.6 Å². The predicted molar refractivity (Wildman–Crippen MR) is 66.5 cm³/mol. The Morgan fingerprint density at radius 2 is 2.19 bits per heavy atom. The summed E-state index contributed by atoms with van der Waals surface area (Å²) in [5.41, 5.74) is 0. The minimum absolute atomic E-state index is 0.252. The largest absolute Gasteiger partial charge is 0.396 e. The molecule has 1 aromatic rings. The second-order valence-corrected chi connectivity index (χ2v) is 4.88. The SMILES string of the molecule is OCCCCNc1cc(Br)nc(C2CC2)n1. The first-order valence-electron chi connectivity index (χ1n) is 5.69. The standard InChI is InChI=1S/C11H16BrN3O/c12-9-7-10(13-5-1-2-6-16)15-11(14-9)8-3-4-8/h7-8,16H,1-6H2,(H,13,14,15). The molecule has 0 unspecified atom stereocenters. The Morgan fingerprint density at radius 3 is 2.88 bits per heavy atom. The number of hydrogen-bond donors (Lipinski definition) is 2. The number of halogens is 1. The maximum Gasteiger partial charge on any atom is 0.135 e. The Balaban J connectivity index is 1.92. The Hall–Kier alpha value is -0.680. The molecular formula is C11H16BrN3O. The van der Waals surface area contributed by atoms with Crippen molar-refractivity contribution >= 4 is 21.7 Å². The van der Waals surface area contributed by atoms with Gasteiger partial charge in [-0.15, -0.1) is 0 Å². The second kappa shape index (κ2) is 5.59. The highest BCUT2D eigenvalue weighted by atomic mass is 79.9. The molecule has 16 heavy (non-hydrogen) atoms. The number of aliphatic hydroxyl groups is 1. The lowest BCUT2D eigenvalue weighted by Gasteiger charge is -2.07. The Kier molecular flexibility index (Phi) is 4.12. The molecule has 1 fully saturated rings. The third-order valence-corrected chi connectivity index (χ3v) is 2.95. The number of nitrogens with one attached hydrogen (secondary N) is 1. The van der Waals surface area contributed by atoms with E-state index in [1.807, 2.05) is 6.07 Å². The van der Waals surface area contributed by atoms with Crippen molar-refractivity contribution in [2.75, 3.05) is 18.5 Å². The van der Waals surface area contributed by atoms with Crippen molar-refractivity contribution in [1.82, 2.24) is 9.97 Å². The summed E-state index contributed by atoms with van der Waals surface area (Å²) in [5.74, 6) is 2.39. The molecule has 4 nitrogen and oxygen atoms in total. The first-order chi connectivity index (χ1) is 7.79. The molecule has 1 heterocycles. The summed E-state index contributed by atoms with van der Waals surface area (Å²) in [6.07, 6.45) is 4.20. The zero-order valence-electron chi connectivity index (χ0n) is 9.12. The number of anilines is 1. The van der Waals surface area contributed by atoms with Crippen LogP contribution in [0.25, 0.3) is 0 Å². The average molecular weight is 286 g/mol. The van der Waals surface area contributed by atoms with Crippen LogP contribution in [0.4, 0.5) is 5.82 Å². The van der Waals surface area contributed by atoms with Crippen molar-refractivity contribution in [3.63, 3.8) is 0 Å². The molecule has 2 rings (SSSR count). The number of rotatable bonds is 6. The van der Waals surface area contributed by atoms with E-state index in [0.29, 0.717) is 5.92 Å². The van der Waals surface area contributed by atoms with Gasteiger partial charge in [0.2, 0.25) is 0 Å². The minimum Gasteiger partial charge on any atom is -0.396 e. The van der Waals surface area contributed by atoms with Gasteiger partial charge in [0.1, 0.15) is 16.2 Å². The van der Waals surface area contributed by atoms with Gasteiger partial charge in [-0.1, -0.05) is 0 Å². The highest BCUT2D eigenvalue weighted by Crippen LogP contribution is 2.38. The fraction of sp³-hybridized carbons (Fsp3) is 0.636.